The Labute approximate surface area is 163 Å². The Kier molecular flexibility index (Phi) is 5.56. The molecule has 27 heavy (non-hydrogen) atoms. The summed E-state index contributed by atoms with van der Waals surface area (Å²) in [5, 5.41) is 3.23. The van der Waals surface area contributed by atoms with Gasteiger partial charge in [-0.25, -0.2) is 0 Å². The van der Waals surface area contributed by atoms with Crippen molar-refractivity contribution in [1.82, 2.24) is 0 Å². The molecule has 1 N–H and O–H groups in total. The molecule has 0 radical (unpaired) electrons. The first kappa shape index (κ1) is 19.0. The molecule has 0 aliphatic carbocycles. The molecule has 2 aromatic rings. The minimum absolute atomic E-state index is 0.145. The molecule has 6 nitrogen and oxygen atoms in total. The van der Waals surface area contributed by atoms with Gasteiger partial charge >= 0.3 is 0 Å². The molecule has 142 valence electrons. The first-order chi connectivity index (χ1) is 12.8. The Morgan fingerprint density at radius 2 is 1.81 bits per heavy atom. The normalized spacial score (nSPS) is 12.4. The van der Waals surface area contributed by atoms with Gasteiger partial charge in [0.2, 0.25) is 11.8 Å². The fourth-order valence-electron chi connectivity index (χ4n) is 3.06. The number of nitrogens with zero attached hydrogens (tertiary/aromatic N) is 1. The van der Waals surface area contributed by atoms with Gasteiger partial charge in [0.15, 0.2) is 11.5 Å². The SMILES string of the molecule is CC(=O)N(CC(=O)Nc1ccc2c(c1)OCCO2)c1c(C)cc(C)cc1Cl. The maximum Gasteiger partial charge on any atom is 0.244 e. The number of rotatable bonds is 4. The minimum atomic E-state index is -0.335. The summed E-state index contributed by atoms with van der Waals surface area (Å²) < 4.78 is 11.0. The molecular weight excluding hydrogens is 368 g/mol. The van der Waals surface area contributed by atoms with E-state index >= 15 is 0 Å². The fraction of sp³-hybridized carbons (Fsp3) is 0.300. The Hall–Kier alpha value is -2.73. The van der Waals surface area contributed by atoms with Crippen molar-refractivity contribution in [3.05, 3.63) is 46.5 Å². The number of carbonyl (C=O) groups is 2. The van der Waals surface area contributed by atoms with Crippen LogP contribution in [0.25, 0.3) is 0 Å². The van der Waals surface area contributed by atoms with Crippen molar-refractivity contribution >= 4 is 34.8 Å². The van der Waals surface area contributed by atoms with Gasteiger partial charge in [0.25, 0.3) is 0 Å². The number of benzene rings is 2. The molecule has 2 amide bonds. The molecule has 0 saturated heterocycles. The number of amides is 2. The zero-order valence-electron chi connectivity index (χ0n) is 15.5. The number of carbonyl (C=O) groups excluding carboxylic acids is 2. The molecule has 0 atom stereocenters. The average molecular weight is 389 g/mol. The van der Waals surface area contributed by atoms with Gasteiger partial charge in [0.1, 0.15) is 19.8 Å². The van der Waals surface area contributed by atoms with Gasteiger partial charge in [-0.3, -0.25) is 9.59 Å². The Bertz CT molecular complexity index is 875. The second kappa shape index (κ2) is 7.88. The summed E-state index contributed by atoms with van der Waals surface area (Å²) >= 11 is 6.34. The van der Waals surface area contributed by atoms with Crippen molar-refractivity contribution in [3.63, 3.8) is 0 Å². The molecule has 0 fully saturated rings. The van der Waals surface area contributed by atoms with Gasteiger partial charge in [0, 0.05) is 18.7 Å². The van der Waals surface area contributed by atoms with Crippen molar-refractivity contribution in [2.24, 2.45) is 0 Å². The maximum absolute atomic E-state index is 12.5. The predicted octanol–water partition coefficient (Wildman–Crippen LogP) is 3.72. The van der Waals surface area contributed by atoms with E-state index in [-0.39, 0.29) is 18.4 Å². The number of aryl methyl sites for hydroxylation is 2. The largest absolute Gasteiger partial charge is 0.486 e. The number of fused-ring (bicyclic) bond motifs is 1. The van der Waals surface area contributed by atoms with Crippen LogP contribution in [0.5, 0.6) is 11.5 Å². The summed E-state index contributed by atoms with van der Waals surface area (Å²) in [6, 6.07) is 8.88. The lowest BCUT2D eigenvalue weighted by molar-refractivity contribution is -0.120. The van der Waals surface area contributed by atoms with E-state index in [2.05, 4.69) is 5.32 Å². The topological polar surface area (TPSA) is 67.9 Å². The molecule has 0 spiro atoms. The van der Waals surface area contributed by atoms with Crippen molar-refractivity contribution < 1.29 is 19.1 Å². The summed E-state index contributed by atoms with van der Waals surface area (Å²) in [7, 11) is 0. The van der Waals surface area contributed by atoms with Crippen LogP contribution in [0.2, 0.25) is 5.02 Å². The minimum Gasteiger partial charge on any atom is -0.486 e. The number of nitrogens with one attached hydrogen (secondary N) is 1. The van der Waals surface area contributed by atoms with Gasteiger partial charge < -0.3 is 19.7 Å². The predicted molar refractivity (Wildman–Crippen MR) is 105 cm³/mol. The fourth-order valence-corrected chi connectivity index (χ4v) is 3.49. The van der Waals surface area contributed by atoms with E-state index in [1.807, 2.05) is 19.9 Å². The molecule has 1 aliphatic heterocycles. The van der Waals surface area contributed by atoms with Crippen LogP contribution in [0.3, 0.4) is 0 Å². The molecular formula is C20H21ClN2O4. The Morgan fingerprint density at radius 1 is 1.11 bits per heavy atom. The van der Waals surface area contributed by atoms with Gasteiger partial charge in [-0.05, 0) is 43.2 Å². The van der Waals surface area contributed by atoms with E-state index in [0.29, 0.717) is 41.1 Å². The van der Waals surface area contributed by atoms with Crippen molar-refractivity contribution in [1.29, 1.82) is 0 Å². The van der Waals surface area contributed by atoms with Crippen LogP contribution in [0, 0.1) is 13.8 Å². The number of anilines is 2. The van der Waals surface area contributed by atoms with E-state index in [1.165, 1.54) is 11.8 Å². The van der Waals surface area contributed by atoms with E-state index in [1.54, 1.807) is 24.3 Å². The lowest BCUT2D eigenvalue weighted by Gasteiger charge is -2.24. The number of halogens is 1. The maximum atomic E-state index is 12.5. The third-order valence-electron chi connectivity index (χ3n) is 4.18. The highest BCUT2D eigenvalue weighted by molar-refractivity contribution is 6.34. The number of ether oxygens (including phenoxy) is 2. The molecule has 0 saturated carbocycles. The van der Waals surface area contributed by atoms with Crippen molar-refractivity contribution in [3.8, 4) is 11.5 Å². The third kappa shape index (κ3) is 4.34. The second-order valence-corrected chi connectivity index (χ2v) is 6.83. The third-order valence-corrected chi connectivity index (χ3v) is 4.46. The molecule has 3 rings (SSSR count). The highest BCUT2D eigenvalue weighted by Crippen LogP contribution is 2.33. The highest BCUT2D eigenvalue weighted by Gasteiger charge is 2.21. The summed E-state index contributed by atoms with van der Waals surface area (Å²) in [6.07, 6.45) is 0. The zero-order valence-corrected chi connectivity index (χ0v) is 16.2. The smallest absolute Gasteiger partial charge is 0.244 e. The van der Waals surface area contributed by atoms with Crippen molar-refractivity contribution in [2.45, 2.75) is 20.8 Å². The van der Waals surface area contributed by atoms with Crippen LogP contribution in [0.4, 0.5) is 11.4 Å². The van der Waals surface area contributed by atoms with Crippen LogP contribution in [0.15, 0.2) is 30.3 Å². The molecule has 0 aromatic heterocycles. The molecule has 0 bridgehead atoms. The first-order valence-corrected chi connectivity index (χ1v) is 8.97. The second-order valence-electron chi connectivity index (χ2n) is 6.42. The molecule has 7 heteroatoms. The van der Waals surface area contributed by atoms with Gasteiger partial charge in [-0.15, -0.1) is 0 Å². The van der Waals surface area contributed by atoms with Crippen molar-refractivity contribution in [2.75, 3.05) is 30.0 Å². The Morgan fingerprint density at radius 3 is 2.48 bits per heavy atom. The van der Waals surface area contributed by atoms with E-state index < -0.39 is 0 Å². The number of hydrogen-bond donors (Lipinski definition) is 1. The summed E-state index contributed by atoms with van der Waals surface area (Å²) in [6.45, 7) is 6.02. The summed E-state index contributed by atoms with van der Waals surface area (Å²) in [5.74, 6) is 0.630. The highest BCUT2D eigenvalue weighted by atomic mass is 35.5. The van der Waals surface area contributed by atoms with Crippen LogP contribution >= 0.6 is 11.6 Å². The van der Waals surface area contributed by atoms with Gasteiger partial charge in [-0.2, -0.15) is 0 Å². The summed E-state index contributed by atoms with van der Waals surface area (Å²) in [5.41, 5.74) is 2.94. The Balaban J connectivity index is 1.78. The van der Waals surface area contributed by atoms with E-state index in [9.17, 15) is 9.59 Å². The molecule has 0 unspecified atom stereocenters. The monoisotopic (exact) mass is 388 g/mol. The molecule has 1 aliphatic rings. The van der Waals surface area contributed by atoms with Gasteiger partial charge in [0.05, 0.1) is 10.7 Å². The van der Waals surface area contributed by atoms with Crippen LogP contribution in [0.1, 0.15) is 18.1 Å². The lowest BCUT2D eigenvalue weighted by atomic mass is 10.1. The van der Waals surface area contributed by atoms with Crippen LogP contribution in [-0.2, 0) is 9.59 Å². The van der Waals surface area contributed by atoms with Crippen LogP contribution < -0.4 is 19.7 Å². The molecule has 2 aromatic carbocycles. The van der Waals surface area contributed by atoms with E-state index in [0.717, 1.165) is 11.1 Å². The molecule has 1 heterocycles. The van der Waals surface area contributed by atoms with Gasteiger partial charge in [-0.1, -0.05) is 17.7 Å². The zero-order chi connectivity index (χ0) is 19.6. The average Bonchev–Trinajstić information content (AvgIpc) is 2.59. The number of hydrogen-bond acceptors (Lipinski definition) is 4. The standard InChI is InChI=1S/C20H21ClN2O4/c1-12-8-13(2)20(16(21)9-12)23(14(3)24)11-19(25)22-15-4-5-17-18(10-15)27-7-6-26-17/h4-5,8-10H,6-7,11H2,1-3H3,(H,22,25). The van der Waals surface area contributed by atoms with E-state index in [4.69, 9.17) is 21.1 Å². The first-order valence-electron chi connectivity index (χ1n) is 8.59. The summed E-state index contributed by atoms with van der Waals surface area (Å²) in [4.78, 5) is 26.1. The quantitative estimate of drug-likeness (QED) is 0.866. The lowest BCUT2D eigenvalue weighted by Crippen LogP contribution is -2.37. The van der Waals surface area contributed by atoms with Crippen LogP contribution in [-0.4, -0.2) is 31.6 Å².